The molecular weight excluding hydrogens is 244 g/mol. The zero-order valence-electron chi connectivity index (χ0n) is 12.6. The first-order valence-electron chi connectivity index (χ1n) is 6.88. The van der Waals surface area contributed by atoms with Crippen LogP contribution in [0.25, 0.3) is 0 Å². The number of hydrogen-bond acceptors (Lipinski definition) is 3. The van der Waals surface area contributed by atoms with Crippen LogP contribution in [0.4, 0.5) is 0 Å². The zero-order valence-corrected chi connectivity index (χ0v) is 12.6. The highest BCUT2D eigenvalue weighted by molar-refractivity contribution is 5.85. The SMILES string of the molecule is CC(C)CNC(=O)C1(CONC(=O)C(C)(C)C)CC1. The molecule has 19 heavy (non-hydrogen) atoms. The topological polar surface area (TPSA) is 67.4 Å². The van der Waals surface area contributed by atoms with Crippen molar-refractivity contribution in [2.75, 3.05) is 13.2 Å². The molecule has 1 rings (SSSR count). The summed E-state index contributed by atoms with van der Waals surface area (Å²) in [5.74, 6) is 0.290. The number of nitrogens with one attached hydrogen (secondary N) is 2. The second-order valence-corrected chi connectivity index (χ2v) is 6.85. The molecule has 5 nitrogen and oxygen atoms in total. The van der Waals surface area contributed by atoms with E-state index in [-0.39, 0.29) is 18.4 Å². The Morgan fingerprint density at radius 1 is 1.26 bits per heavy atom. The Kier molecular flexibility index (Phi) is 4.96. The van der Waals surface area contributed by atoms with E-state index in [1.54, 1.807) is 0 Å². The van der Waals surface area contributed by atoms with Crippen LogP contribution in [0.1, 0.15) is 47.5 Å². The molecule has 110 valence electrons. The Bertz CT molecular complexity index is 341. The number of rotatable bonds is 6. The largest absolute Gasteiger partial charge is 0.355 e. The van der Waals surface area contributed by atoms with Crippen molar-refractivity contribution in [2.24, 2.45) is 16.7 Å². The number of amides is 2. The summed E-state index contributed by atoms with van der Waals surface area (Å²) in [6.07, 6.45) is 1.64. The molecule has 1 fully saturated rings. The van der Waals surface area contributed by atoms with Gasteiger partial charge in [0, 0.05) is 12.0 Å². The highest BCUT2D eigenvalue weighted by atomic mass is 16.7. The summed E-state index contributed by atoms with van der Waals surface area (Å²) >= 11 is 0. The molecule has 0 aromatic heterocycles. The molecule has 0 aromatic rings. The van der Waals surface area contributed by atoms with Crippen LogP contribution in [0.15, 0.2) is 0 Å². The standard InChI is InChI=1S/C14H26N2O3/c1-10(2)8-15-12(18)14(6-7-14)9-19-16-11(17)13(3,4)5/h10H,6-9H2,1-5H3,(H,15,18)(H,16,17). The third-order valence-corrected chi connectivity index (χ3v) is 3.20. The average molecular weight is 270 g/mol. The molecule has 0 heterocycles. The molecular formula is C14H26N2O3. The van der Waals surface area contributed by atoms with Gasteiger partial charge in [0.2, 0.25) is 11.8 Å². The van der Waals surface area contributed by atoms with E-state index in [1.165, 1.54) is 0 Å². The van der Waals surface area contributed by atoms with Crippen molar-refractivity contribution in [1.29, 1.82) is 0 Å². The second-order valence-electron chi connectivity index (χ2n) is 6.85. The monoisotopic (exact) mass is 270 g/mol. The van der Waals surface area contributed by atoms with Gasteiger partial charge in [-0.3, -0.25) is 14.4 Å². The Balaban J connectivity index is 2.32. The molecule has 0 radical (unpaired) electrons. The van der Waals surface area contributed by atoms with Gasteiger partial charge in [-0.2, -0.15) is 0 Å². The Morgan fingerprint density at radius 3 is 2.26 bits per heavy atom. The second kappa shape index (κ2) is 5.90. The van der Waals surface area contributed by atoms with Crippen LogP contribution in [0.3, 0.4) is 0 Å². The molecule has 0 spiro atoms. The minimum Gasteiger partial charge on any atom is -0.355 e. The summed E-state index contributed by atoms with van der Waals surface area (Å²) in [5, 5.41) is 2.92. The molecule has 0 unspecified atom stereocenters. The third kappa shape index (κ3) is 4.82. The summed E-state index contributed by atoms with van der Waals surface area (Å²) in [6, 6.07) is 0. The van der Waals surface area contributed by atoms with E-state index in [0.717, 1.165) is 12.8 Å². The van der Waals surface area contributed by atoms with Crippen molar-refractivity contribution in [2.45, 2.75) is 47.5 Å². The van der Waals surface area contributed by atoms with E-state index >= 15 is 0 Å². The molecule has 2 N–H and O–H groups in total. The maximum atomic E-state index is 12.0. The highest BCUT2D eigenvalue weighted by Gasteiger charge is 2.50. The highest BCUT2D eigenvalue weighted by Crippen LogP contribution is 2.45. The van der Waals surface area contributed by atoms with Crippen LogP contribution < -0.4 is 10.8 Å². The fourth-order valence-corrected chi connectivity index (χ4v) is 1.47. The lowest BCUT2D eigenvalue weighted by Gasteiger charge is -2.20. The van der Waals surface area contributed by atoms with E-state index < -0.39 is 10.8 Å². The molecule has 0 bridgehead atoms. The summed E-state index contributed by atoms with van der Waals surface area (Å²) in [7, 11) is 0. The van der Waals surface area contributed by atoms with Crippen LogP contribution in [0, 0.1) is 16.7 Å². The fraction of sp³-hybridized carbons (Fsp3) is 0.857. The molecule has 1 aliphatic carbocycles. The van der Waals surface area contributed by atoms with E-state index in [4.69, 9.17) is 4.84 Å². The zero-order chi connectivity index (χ0) is 14.7. The molecule has 5 heteroatoms. The number of hydroxylamine groups is 1. The van der Waals surface area contributed by atoms with Crippen molar-refractivity contribution in [3.05, 3.63) is 0 Å². The summed E-state index contributed by atoms with van der Waals surface area (Å²) in [6.45, 7) is 10.5. The Hall–Kier alpha value is -1.10. The quantitative estimate of drug-likeness (QED) is 0.721. The van der Waals surface area contributed by atoms with Gasteiger partial charge in [0.05, 0.1) is 12.0 Å². The van der Waals surface area contributed by atoms with Gasteiger partial charge in [-0.25, -0.2) is 5.48 Å². The molecule has 0 aromatic carbocycles. The van der Waals surface area contributed by atoms with Crippen LogP contribution in [-0.4, -0.2) is 25.0 Å². The average Bonchev–Trinajstić information content (AvgIpc) is 3.05. The first-order valence-corrected chi connectivity index (χ1v) is 6.88. The molecule has 0 atom stereocenters. The maximum Gasteiger partial charge on any atom is 0.248 e. The predicted molar refractivity (Wildman–Crippen MR) is 73.1 cm³/mol. The van der Waals surface area contributed by atoms with Crippen LogP contribution >= 0.6 is 0 Å². The lowest BCUT2D eigenvalue weighted by molar-refractivity contribution is -0.146. The van der Waals surface area contributed by atoms with Crippen LogP contribution in [0.2, 0.25) is 0 Å². The van der Waals surface area contributed by atoms with Crippen LogP contribution in [-0.2, 0) is 14.4 Å². The Labute approximate surface area is 115 Å². The van der Waals surface area contributed by atoms with Crippen molar-refractivity contribution >= 4 is 11.8 Å². The van der Waals surface area contributed by atoms with E-state index in [0.29, 0.717) is 12.5 Å². The molecule has 2 amide bonds. The first kappa shape index (κ1) is 16.0. The lowest BCUT2D eigenvalue weighted by Crippen LogP contribution is -2.40. The molecule has 0 saturated heterocycles. The van der Waals surface area contributed by atoms with Gasteiger partial charge in [0.15, 0.2) is 0 Å². The van der Waals surface area contributed by atoms with E-state index in [1.807, 2.05) is 20.8 Å². The smallest absolute Gasteiger partial charge is 0.248 e. The first-order chi connectivity index (χ1) is 8.67. The van der Waals surface area contributed by atoms with E-state index in [2.05, 4.69) is 24.6 Å². The fourth-order valence-electron chi connectivity index (χ4n) is 1.47. The minimum atomic E-state index is -0.489. The van der Waals surface area contributed by atoms with Crippen molar-refractivity contribution in [1.82, 2.24) is 10.8 Å². The summed E-state index contributed by atoms with van der Waals surface area (Å²) in [4.78, 5) is 28.8. The molecule has 1 saturated carbocycles. The lowest BCUT2D eigenvalue weighted by atomic mass is 9.96. The molecule has 1 aliphatic rings. The van der Waals surface area contributed by atoms with Gasteiger partial charge in [-0.1, -0.05) is 34.6 Å². The van der Waals surface area contributed by atoms with Gasteiger partial charge >= 0.3 is 0 Å². The number of hydrogen-bond donors (Lipinski definition) is 2. The third-order valence-electron chi connectivity index (χ3n) is 3.20. The van der Waals surface area contributed by atoms with Gasteiger partial charge < -0.3 is 5.32 Å². The number of carbonyl (C=O) groups excluding carboxylic acids is 2. The molecule has 0 aliphatic heterocycles. The van der Waals surface area contributed by atoms with Gasteiger partial charge in [0.1, 0.15) is 0 Å². The van der Waals surface area contributed by atoms with Gasteiger partial charge in [-0.15, -0.1) is 0 Å². The normalized spacial score (nSPS) is 17.2. The van der Waals surface area contributed by atoms with Gasteiger partial charge in [0.25, 0.3) is 0 Å². The van der Waals surface area contributed by atoms with Crippen molar-refractivity contribution in [3.63, 3.8) is 0 Å². The van der Waals surface area contributed by atoms with Gasteiger partial charge in [-0.05, 0) is 18.8 Å². The van der Waals surface area contributed by atoms with Crippen molar-refractivity contribution in [3.8, 4) is 0 Å². The Morgan fingerprint density at radius 2 is 1.84 bits per heavy atom. The van der Waals surface area contributed by atoms with E-state index in [9.17, 15) is 9.59 Å². The maximum absolute atomic E-state index is 12.0. The predicted octanol–water partition coefficient (Wildman–Crippen LogP) is 1.63. The summed E-state index contributed by atoms with van der Waals surface area (Å²) < 4.78 is 0. The minimum absolute atomic E-state index is 0.0335. The number of carbonyl (C=O) groups is 2. The summed E-state index contributed by atoms with van der Waals surface area (Å²) in [5.41, 5.74) is 1.50. The van der Waals surface area contributed by atoms with Crippen LogP contribution in [0.5, 0.6) is 0 Å². The van der Waals surface area contributed by atoms with Crippen molar-refractivity contribution < 1.29 is 14.4 Å².